The second-order valence-electron chi connectivity index (χ2n) is 10.4. The smallest absolute Gasteiger partial charge is 0.240 e. The molecule has 1 fully saturated rings. The first-order chi connectivity index (χ1) is 21.9. The molecule has 6 rings (SSSR count). The molecule has 1 aliphatic rings. The van der Waals surface area contributed by atoms with E-state index in [4.69, 9.17) is 9.47 Å². The van der Waals surface area contributed by atoms with Gasteiger partial charge in [0.25, 0.3) is 0 Å². The third-order valence-corrected chi connectivity index (χ3v) is 9.79. The van der Waals surface area contributed by atoms with Crippen molar-refractivity contribution in [2.75, 3.05) is 5.75 Å². The Bertz CT molecular complexity index is 1800. The van der Waals surface area contributed by atoms with Gasteiger partial charge in [0.2, 0.25) is 15.2 Å². The molecule has 0 radical (unpaired) electrons. The first-order valence-corrected chi connectivity index (χ1v) is 16.7. The lowest BCUT2D eigenvalue weighted by Crippen LogP contribution is -2.31. The number of hydrogen-bond acceptors (Lipinski definition) is 10. The number of phenols is 1. The van der Waals surface area contributed by atoms with Crippen LogP contribution in [0, 0.1) is 0 Å². The minimum atomic E-state index is -3.63. The second-order valence-corrected chi connectivity index (χ2v) is 13.2. The van der Waals surface area contributed by atoms with E-state index in [1.165, 1.54) is 11.8 Å². The van der Waals surface area contributed by atoms with Crippen molar-refractivity contribution in [1.29, 1.82) is 0 Å². The number of ether oxygens (including phenoxy) is 2. The molecular formula is C32H31N5O6S2. The van der Waals surface area contributed by atoms with Crippen molar-refractivity contribution in [3.05, 3.63) is 125 Å². The van der Waals surface area contributed by atoms with Gasteiger partial charge in [0, 0.05) is 24.3 Å². The van der Waals surface area contributed by atoms with Gasteiger partial charge in [-0.25, -0.2) is 13.1 Å². The number of nitrogens with zero attached hydrogens (tertiary/aromatic N) is 4. The molecule has 3 N–H and O–H groups in total. The quantitative estimate of drug-likeness (QED) is 0.173. The summed E-state index contributed by atoms with van der Waals surface area (Å²) in [5.41, 5.74) is 4.09. The third-order valence-electron chi connectivity index (χ3n) is 7.32. The molecule has 13 heteroatoms. The van der Waals surface area contributed by atoms with Gasteiger partial charge in [0.1, 0.15) is 5.75 Å². The van der Waals surface area contributed by atoms with Crippen LogP contribution in [0.3, 0.4) is 0 Å². The number of phenolic OH excluding ortho intramolecular Hbond substituents is 1. The van der Waals surface area contributed by atoms with E-state index in [9.17, 15) is 18.6 Å². The normalized spacial score (nSPS) is 18.6. The molecule has 0 spiro atoms. The number of aromatic hydroxyl groups is 1. The Morgan fingerprint density at radius 1 is 0.867 bits per heavy atom. The topological polar surface area (TPSA) is 149 Å². The Hall–Kier alpha value is -4.11. The number of aliphatic hydroxyl groups excluding tert-OH is 1. The van der Waals surface area contributed by atoms with Crippen LogP contribution in [0.1, 0.15) is 41.1 Å². The Labute approximate surface area is 264 Å². The fourth-order valence-corrected chi connectivity index (χ4v) is 6.82. The van der Waals surface area contributed by atoms with Gasteiger partial charge in [0.15, 0.2) is 6.29 Å². The molecule has 11 nitrogen and oxygen atoms in total. The molecule has 1 aromatic heterocycles. The van der Waals surface area contributed by atoms with E-state index >= 15 is 0 Å². The summed E-state index contributed by atoms with van der Waals surface area (Å²) in [5, 5.41) is 31.8. The summed E-state index contributed by atoms with van der Waals surface area (Å²) in [6.07, 6.45) is -0.580. The number of hydrogen-bond donors (Lipinski definition) is 3. The fourth-order valence-electron chi connectivity index (χ4n) is 4.87. The average Bonchev–Trinajstić information content (AvgIpc) is 3.56. The van der Waals surface area contributed by atoms with Gasteiger partial charge >= 0.3 is 0 Å². The third kappa shape index (κ3) is 7.59. The molecule has 0 bridgehead atoms. The lowest BCUT2D eigenvalue weighted by molar-refractivity contribution is -0.245. The van der Waals surface area contributed by atoms with Gasteiger partial charge < -0.3 is 19.7 Å². The summed E-state index contributed by atoms with van der Waals surface area (Å²) in [4.78, 5) is 0.213. The van der Waals surface area contributed by atoms with Crippen LogP contribution < -0.4 is 4.72 Å². The predicted octanol–water partition coefficient (Wildman–Crippen LogP) is 4.68. The SMILES string of the molecule is O=S(=O)(NCc1ccc(C2OC(CSc3nnnn3-c3ccc(O)cc3)CC(c3ccc(CO)cc3)O2)cc1)c1ccccc1. The molecular weight excluding hydrogens is 615 g/mol. The van der Waals surface area contributed by atoms with Crippen molar-refractivity contribution in [2.24, 2.45) is 0 Å². The number of rotatable bonds is 11. The Kier molecular flexibility index (Phi) is 9.54. The predicted molar refractivity (Wildman–Crippen MR) is 167 cm³/mol. The number of sulfonamides is 1. The van der Waals surface area contributed by atoms with Crippen LogP contribution in [0.5, 0.6) is 5.75 Å². The molecule has 0 aliphatic carbocycles. The summed E-state index contributed by atoms with van der Waals surface area (Å²) in [6, 6.07) is 30.0. The minimum Gasteiger partial charge on any atom is -0.508 e. The van der Waals surface area contributed by atoms with Crippen LogP contribution in [-0.2, 0) is 32.6 Å². The zero-order valence-corrected chi connectivity index (χ0v) is 25.6. The Morgan fingerprint density at radius 3 is 2.27 bits per heavy atom. The van der Waals surface area contributed by atoms with Gasteiger partial charge in [0.05, 0.1) is 29.4 Å². The molecule has 0 saturated carbocycles. The highest BCUT2D eigenvalue weighted by molar-refractivity contribution is 7.99. The number of aromatic nitrogens is 4. The molecule has 3 unspecified atom stereocenters. The molecule has 2 heterocycles. The number of thioether (sulfide) groups is 1. The Morgan fingerprint density at radius 2 is 1.56 bits per heavy atom. The highest BCUT2D eigenvalue weighted by atomic mass is 32.2. The zero-order valence-electron chi connectivity index (χ0n) is 24.0. The maximum absolute atomic E-state index is 12.6. The van der Waals surface area contributed by atoms with Crippen molar-refractivity contribution in [3.8, 4) is 11.4 Å². The van der Waals surface area contributed by atoms with Crippen LogP contribution >= 0.6 is 11.8 Å². The summed E-state index contributed by atoms with van der Waals surface area (Å²) in [5.74, 6) is 0.699. The molecule has 0 amide bonds. The summed E-state index contributed by atoms with van der Waals surface area (Å²) in [6.45, 7) is 0.0964. The van der Waals surface area contributed by atoms with E-state index in [2.05, 4.69) is 20.2 Å². The molecule has 45 heavy (non-hydrogen) atoms. The lowest BCUT2D eigenvalue weighted by Gasteiger charge is -2.36. The van der Waals surface area contributed by atoms with Crippen molar-refractivity contribution in [3.63, 3.8) is 0 Å². The lowest BCUT2D eigenvalue weighted by atomic mass is 10.0. The largest absolute Gasteiger partial charge is 0.508 e. The van der Waals surface area contributed by atoms with E-state index in [-0.39, 0.29) is 36.0 Å². The molecule has 1 saturated heterocycles. The van der Waals surface area contributed by atoms with E-state index in [1.807, 2.05) is 48.5 Å². The molecule has 4 aromatic carbocycles. The molecule has 1 aliphatic heterocycles. The number of benzene rings is 4. The van der Waals surface area contributed by atoms with Crippen molar-refractivity contribution >= 4 is 21.8 Å². The van der Waals surface area contributed by atoms with Crippen molar-refractivity contribution in [2.45, 2.75) is 48.1 Å². The average molecular weight is 646 g/mol. The Balaban J connectivity index is 1.17. The van der Waals surface area contributed by atoms with Crippen LogP contribution in [0.2, 0.25) is 0 Å². The van der Waals surface area contributed by atoms with Gasteiger partial charge in [-0.1, -0.05) is 78.5 Å². The summed E-state index contributed by atoms with van der Waals surface area (Å²) in [7, 11) is -3.63. The van der Waals surface area contributed by atoms with E-state index < -0.39 is 16.3 Å². The van der Waals surface area contributed by atoms with E-state index in [0.717, 1.165) is 27.9 Å². The van der Waals surface area contributed by atoms with Crippen molar-refractivity contribution < 1.29 is 28.1 Å². The summed E-state index contributed by atoms with van der Waals surface area (Å²) < 4.78 is 42.4. The van der Waals surface area contributed by atoms with E-state index in [0.29, 0.717) is 17.3 Å². The standard InChI is InChI=1S/C32H31N5O6S2/c38-20-23-8-10-24(11-9-23)30-18-28(21-44-32-34-35-36-37(32)26-14-16-27(39)17-15-26)42-31(43-30)25-12-6-22(7-13-25)19-33-45(40,41)29-4-2-1-3-5-29/h1-17,28,30-31,33,38-39H,18-21H2. The molecule has 3 atom stereocenters. The van der Waals surface area contributed by atoms with Gasteiger partial charge in [-0.2, -0.15) is 4.68 Å². The van der Waals surface area contributed by atoms with Crippen LogP contribution in [0.25, 0.3) is 5.69 Å². The van der Waals surface area contributed by atoms with Gasteiger partial charge in [-0.05, 0) is 63.5 Å². The van der Waals surface area contributed by atoms with Crippen LogP contribution in [0.15, 0.2) is 113 Å². The maximum atomic E-state index is 12.6. The molecule has 5 aromatic rings. The first kappa shape index (κ1) is 30.9. The molecule has 232 valence electrons. The zero-order chi connectivity index (χ0) is 31.2. The fraction of sp³-hybridized carbons (Fsp3) is 0.219. The van der Waals surface area contributed by atoms with Crippen LogP contribution in [-0.4, -0.2) is 50.7 Å². The highest BCUT2D eigenvalue weighted by Crippen LogP contribution is 2.39. The number of aliphatic hydroxyl groups is 1. The summed E-state index contributed by atoms with van der Waals surface area (Å²) >= 11 is 1.45. The van der Waals surface area contributed by atoms with Gasteiger partial charge in [-0.3, -0.25) is 0 Å². The van der Waals surface area contributed by atoms with Crippen LogP contribution in [0.4, 0.5) is 0 Å². The van der Waals surface area contributed by atoms with Gasteiger partial charge in [-0.15, -0.1) is 5.10 Å². The maximum Gasteiger partial charge on any atom is 0.240 e. The van der Waals surface area contributed by atoms with E-state index in [1.54, 1.807) is 59.3 Å². The number of nitrogens with one attached hydrogen (secondary N) is 1. The first-order valence-electron chi connectivity index (χ1n) is 14.2. The number of tetrazole rings is 1. The monoisotopic (exact) mass is 645 g/mol. The van der Waals surface area contributed by atoms with Crippen molar-refractivity contribution in [1.82, 2.24) is 24.9 Å². The second kappa shape index (κ2) is 13.9. The highest BCUT2D eigenvalue weighted by Gasteiger charge is 2.32. The minimum absolute atomic E-state index is 0.0413.